The second kappa shape index (κ2) is 6.11. The molecule has 106 valence electrons. The molecular formula is C12H11BrCl2N4O. The Bertz CT molecular complexity index is 657. The number of aromatic nitrogens is 3. The molecule has 20 heavy (non-hydrogen) atoms. The number of hydrogen-bond donors (Lipinski definition) is 1. The van der Waals surface area contributed by atoms with Gasteiger partial charge < -0.3 is 5.32 Å². The fraction of sp³-hybridized carbons (Fsp3) is 0.250. The van der Waals surface area contributed by atoms with E-state index < -0.39 is 0 Å². The van der Waals surface area contributed by atoms with Gasteiger partial charge in [0.05, 0.1) is 20.6 Å². The van der Waals surface area contributed by atoms with Gasteiger partial charge in [-0.3, -0.25) is 4.79 Å². The molecule has 0 aromatic carbocycles. The van der Waals surface area contributed by atoms with Crippen molar-refractivity contribution in [3.8, 4) is 5.82 Å². The number of nitrogens with zero attached hydrogens (tertiary/aromatic N) is 3. The van der Waals surface area contributed by atoms with Crippen LogP contribution in [0.3, 0.4) is 0 Å². The summed E-state index contributed by atoms with van der Waals surface area (Å²) in [6, 6.07) is 3.31. The Morgan fingerprint density at radius 3 is 2.75 bits per heavy atom. The van der Waals surface area contributed by atoms with Gasteiger partial charge in [0.2, 0.25) is 5.91 Å². The van der Waals surface area contributed by atoms with Crippen LogP contribution in [0.2, 0.25) is 10.0 Å². The van der Waals surface area contributed by atoms with Crippen molar-refractivity contribution in [1.82, 2.24) is 14.8 Å². The van der Waals surface area contributed by atoms with Gasteiger partial charge in [0, 0.05) is 12.3 Å². The lowest BCUT2D eigenvalue weighted by atomic mass is 10.4. The normalized spacial score (nSPS) is 12.2. The van der Waals surface area contributed by atoms with Gasteiger partial charge in [0.1, 0.15) is 5.82 Å². The van der Waals surface area contributed by atoms with E-state index in [1.165, 1.54) is 10.9 Å². The lowest BCUT2D eigenvalue weighted by Gasteiger charge is -2.10. The smallest absolute Gasteiger partial charge is 0.239 e. The second-order valence-electron chi connectivity index (χ2n) is 4.15. The average molecular weight is 378 g/mol. The first kappa shape index (κ1) is 15.3. The van der Waals surface area contributed by atoms with Crippen LogP contribution in [-0.2, 0) is 4.79 Å². The third kappa shape index (κ3) is 3.31. The highest BCUT2D eigenvalue weighted by atomic mass is 79.9. The lowest BCUT2D eigenvalue weighted by Crippen LogP contribution is -2.22. The summed E-state index contributed by atoms with van der Waals surface area (Å²) in [5.41, 5.74) is 0.732. The SMILES string of the molecule is Cc1cc(NC(=O)C(C)Br)n(-c2ncc(Cl)cc2Cl)n1. The van der Waals surface area contributed by atoms with Crippen molar-refractivity contribution < 1.29 is 4.79 Å². The summed E-state index contributed by atoms with van der Waals surface area (Å²) in [6.07, 6.45) is 1.47. The number of nitrogens with one attached hydrogen (secondary N) is 1. The summed E-state index contributed by atoms with van der Waals surface area (Å²) in [5.74, 6) is 0.716. The number of carbonyl (C=O) groups is 1. The number of carbonyl (C=O) groups excluding carboxylic acids is 1. The minimum Gasteiger partial charge on any atom is -0.310 e. The molecule has 2 heterocycles. The van der Waals surface area contributed by atoms with E-state index in [9.17, 15) is 4.79 Å². The summed E-state index contributed by atoms with van der Waals surface area (Å²) in [7, 11) is 0. The molecule has 1 unspecified atom stereocenters. The topological polar surface area (TPSA) is 59.8 Å². The molecule has 0 radical (unpaired) electrons. The molecule has 0 spiro atoms. The van der Waals surface area contributed by atoms with Crippen LogP contribution in [0.5, 0.6) is 0 Å². The summed E-state index contributed by atoms with van der Waals surface area (Å²) in [5, 5.41) is 7.82. The number of pyridine rings is 1. The Hall–Kier alpha value is -1.11. The van der Waals surface area contributed by atoms with Crippen LogP contribution < -0.4 is 5.32 Å². The maximum absolute atomic E-state index is 11.8. The molecule has 1 atom stereocenters. The first-order valence-electron chi connectivity index (χ1n) is 5.71. The zero-order valence-corrected chi connectivity index (χ0v) is 13.8. The van der Waals surface area contributed by atoms with E-state index >= 15 is 0 Å². The van der Waals surface area contributed by atoms with Crippen molar-refractivity contribution in [2.75, 3.05) is 5.32 Å². The standard InChI is InChI=1S/C12H11BrCl2N4O/c1-6-3-10(17-12(20)7(2)13)19(18-6)11-9(15)4-8(14)5-16-11/h3-5,7H,1-2H3,(H,17,20). The monoisotopic (exact) mass is 376 g/mol. The van der Waals surface area contributed by atoms with Crippen LogP contribution in [0, 0.1) is 6.92 Å². The zero-order valence-electron chi connectivity index (χ0n) is 10.7. The van der Waals surface area contributed by atoms with E-state index in [1.807, 2.05) is 6.92 Å². The van der Waals surface area contributed by atoms with E-state index in [4.69, 9.17) is 23.2 Å². The van der Waals surface area contributed by atoms with Gasteiger partial charge in [-0.2, -0.15) is 9.78 Å². The maximum Gasteiger partial charge on any atom is 0.239 e. The fourth-order valence-corrected chi connectivity index (χ4v) is 2.11. The highest BCUT2D eigenvalue weighted by Crippen LogP contribution is 2.25. The van der Waals surface area contributed by atoms with Crippen LogP contribution in [0.15, 0.2) is 18.3 Å². The molecule has 0 bridgehead atoms. The maximum atomic E-state index is 11.8. The fourth-order valence-electron chi connectivity index (χ4n) is 1.54. The van der Waals surface area contributed by atoms with Crippen LogP contribution in [0.1, 0.15) is 12.6 Å². The Labute approximate surface area is 134 Å². The van der Waals surface area contributed by atoms with Crippen LogP contribution in [0.25, 0.3) is 5.82 Å². The first-order valence-corrected chi connectivity index (χ1v) is 7.38. The van der Waals surface area contributed by atoms with E-state index in [2.05, 4.69) is 31.3 Å². The molecule has 2 aromatic heterocycles. The molecule has 5 nitrogen and oxygen atoms in total. The second-order valence-corrected chi connectivity index (χ2v) is 6.36. The number of anilines is 1. The molecule has 0 aliphatic rings. The Morgan fingerprint density at radius 1 is 1.45 bits per heavy atom. The molecule has 2 rings (SSSR count). The summed E-state index contributed by atoms with van der Waals surface area (Å²) < 4.78 is 1.47. The largest absolute Gasteiger partial charge is 0.310 e. The van der Waals surface area contributed by atoms with Crippen molar-refractivity contribution in [3.63, 3.8) is 0 Å². The molecule has 1 N–H and O–H groups in total. The molecular weight excluding hydrogens is 367 g/mol. The zero-order chi connectivity index (χ0) is 14.9. The number of hydrogen-bond acceptors (Lipinski definition) is 3. The van der Waals surface area contributed by atoms with E-state index in [0.29, 0.717) is 21.7 Å². The third-order valence-corrected chi connectivity index (χ3v) is 3.33. The lowest BCUT2D eigenvalue weighted by molar-refractivity contribution is -0.115. The molecule has 8 heteroatoms. The molecule has 0 aliphatic carbocycles. The Balaban J connectivity index is 2.44. The van der Waals surface area contributed by atoms with Crippen LogP contribution in [0.4, 0.5) is 5.82 Å². The van der Waals surface area contributed by atoms with Crippen molar-refractivity contribution in [3.05, 3.63) is 34.1 Å². The minimum atomic E-state index is -0.320. The minimum absolute atomic E-state index is 0.184. The van der Waals surface area contributed by atoms with Gasteiger partial charge >= 0.3 is 0 Å². The van der Waals surface area contributed by atoms with Crippen molar-refractivity contribution >= 4 is 50.9 Å². The number of aryl methyl sites for hydroxylation is 1. The van der Waals surface area contributed by atoms with Crippen LogP contribution >= 0.6 is 39.1 Å². The van der Waals surface area contributed by atoms with Crippen molar-refractivity contribution in [2.24, 2.45) is 0 Å². The van der Waals surface area contributed by atoms with E-state index in [1.54, 1.807) is 19.1 Å². The van der Waals surface area contributed by atoms with Crippen LogP contribution in [-0.4, -0.2) is 25.5 Å². The molecule has 0 saturated heterocycles. The molecule has 0 aliphatic heterocycles. The highest BCUT2D eigenvalue weighted by Gasteiger charge is 2.16. The third-order valence-electron chi connectivity index (χ3n) is 2.43. The van der Waals surface area contributed by atoms with Crippen molar-refractivity contribution in [2.45, 2.75) is 18.7 Å². The Morgan fingerprint density at radius 2 is 2.15 bits per heavy atom. The number of alkyl halides is 1. The Kier molecular flexibility index (Phi) is 4.67. The molecule has 2 aromatic rings. The summed E-state index contributed by atoms with van der Waals surface area (Å²) in [4.78, 5) is 15.6. The van der Waals surface area contributed by atoms with E-state index in [0.717, 1.165) is 5.69 Å². The summed E-state index contributed by atoms with van der Waals surface area (Å²) in [6.45, 7) is 3.55. The predicted molar refractivity (Wildman–Crippen MR) is 83.1 cm³/mol. The van der Waals surface area contributed by atoms with Gasteiger partial charge in [0.15, 0.2) is 5.82 Å². The quantitative estimate of drug-likeness (QED) is 0.831. The predicted octanol–water partition coefficient (Wildman–Crippen LogP) is 3.60. The van der Waals surface area contributed by atoms with Gasteiger partial charge in [-0.25, -0.2) is 4.98 Å². The number of rotatable bonds is 3. The first-order chi connectivity index (χ1) is 9.38. The van der Waals surface area contributed by atoms with Gasteiger partial charge in [0.25, 0.3) is 0 Å². The molecule has 1 amide bonds. The van der Waals surface area contributed by atoms with Gasteiger partial charge in [-0.1, -0.05) is 39.1 Å². The number of halogens is 3. The highest BCUT2D eigenvalue weighted by molar-refractivity contribution is 9.10. The van der Waals surface area contributed by atoms with E-state index in [-0.39, 0.29) is 10.7 Å². The molecule has 0 fully saturated rings. The van der Waals surface area contributed by atoms with Gasteiger partial charge in [-0.05, 0) is 19.9 Å². The average Bonchev–Trinajstić information content (AvgIpc) is 2.70. The van der Waals surface area contributed by atoms with Gasteiger partial charge in [-0.15, -0.1) is 0 Å². The summed E-state index contributed by atoms with van der Waals surface area (Å²) >= 11 is 15.1. The molecule has 0 saturated carbocycles. The van der Waals surface area contributed by atoms with Crippen molar-refractivity contribution in [1.29, 1.82) is 0 Å². The number of amides is 1.